The van der Waals surface area contributed by atoms with Gasteiger partial charge in [-0.15, -0.1) is 0 Å². The maximum absolute atomic E-state index is 4.82. The molecule has 0 radical (unpaired) electrons. The third kappa shape index (κ3) is 1.81. The van der Waals surface area contributed by atoms with Gasteiger partial charge in [0.2, 0.25) is 0 Å². The van der Waals surface area contributed by atoms with E-state index in [1.165, 1.54) is 22.5 Å². The van der Waals surface area contributed by atoms with E-state index >= 15 is 0 Å². The highest BCUT2D eigenvalue weighted by molar-refractivity contribution is 7.08. The molecule has 2 aromatic heterocycles. The molecular formula is C13H17N3S. The molecule has 1 N–H and O–H groups in total. The summed E-state index contributed by atoms with van der Waals surface area (Å²) < 4.78 is 2.20. The minimum absolute atomic E-state index is 0.439. The van der Waals surface area contributed by atoms with Crippen LogP contribution < -0.4 is 5.32 Å². The van der Waals surface area contributed by atoms with Crippen LogP contribution in [0.1, 0.15) is 31.1 Å². The minimum atomic E-state index is 0.439. The Morgan fingerprint density at radius 3 is 3.06 bits per heavy atom. The Hall–Kier alpha value is -1.13. The molecule has 0 aromatic carbocycles. The molecule has 0 amide bonds. The van der Waals surface area contributed by atoms with E-state index in [1.807, 2.05) is 0 Å². The smallest absolute Gasteiger partial charge is 0.0979 e. The number of hydrogen-bond acceptors (Lipinski definition) is 3. The van der Waals surface area contributed by atoms with Crippen LogP contribution in [0.2, 0.25) is 0 Å². The summed E-state index contributed by atoms with van der Waals surface area (Å²) in [7, 11) is 0. The first-order valence-electron chi connectivity index (χ1n) is 6.11. The quantitative estimate of drug-likeness (QED) is 0.884. The van der Waals surface area contributed by atoms with Gasteiger partial charge in [-0.1, -0.05) is 0 Å². The third-order valence-electron chi connectivity index (χ3n) is 3.24. The fraction of sp³-hybridized carbons (Fsp3) is 0.462. The Balaban J connectivity index is 2.16. The highest BCUT2D eigenvalue weighted by atomic mass is 32.1. The predicted molar refractivity (Wildman–Crippen MR) is 71.3 cm³/mol. The molecule has 2 aromatic rings. The van der Waals surface area contributed by atoms with Crippen molar-refractivity contribution in [2.75, 3.05) is 6.54 Å². The first-order chi connectivity index (χ1) is 8.27. The topological polar surface area (TPSA) is 29.9 Å². The van der Waals surface area contributed by atoms with Gasteiger partial charge in [-0.25, -0.2) is 0 Å². The van der Waals surface area contributed by atoms with E-state index in [9.17, 15) is 0 Å². The summed E-state index contributed by atoms with van der Waals surface area (Å²) in [5.41, 5.74) is 5.24. The molecule has 0 bridgehead atoms. The third-order valence-corrected chi connectivity index (χ3v) is 3.93. The van der Waals surface area contributed by atoms with E-state index in [4.69, 9.17) is 5.10 Å². The molecule has 3 heterocycles. The summed E-state index contributed by atoms with van der Waals surface area (Å²) in [6.45, 7) is 6.42. The molecule has 0 aliphatic carbocycles. The van der Waals surface area contributed by atoms with Crippen LogP contribution in [0.15, 0.2) is 16.8 Å². The lowest BCUT2D eigenvalue weighted by Gasteiger charge is -2.17. The van der Waals surface area contributed by atoms with Gasteiger partial charge < -0.3 is 5.32 Å². The molecule has 1 aliphatic rings. The fourth-order valence-electron chi connectivity index (χ4n) is 2.43. The lowest BCUT2D eigenvalue weighted by atomic mass is 10.0. The Labute approximate surface area is 105 Å². The highest BCUT2D eigenvalue weighted by Gasteiger charge is 2.22. The molecule has 3 nitrogen and oxygen atoms in total. The van der Waals surface area contributed by atoms with Crippen molar-refractivity contribution in [3.05, 3.63) is 28.1 Å². The second-order valence-corrected chi connectivity index (χ2v) is 5.53. The fourth-order valence-corrected chi connectivity index (χ4v) is 3.07. The largest absolute Gasteiger partial charge is 0.312 e. The Morgan fingerprint density at radius 2 is 2.35 bits per heavy atom. The van der Waals surface area contributed by atoms with Crippen molar-refractivity contribution in [3.8, 4) is 11.3 Å². The number of thiophene rings is 1. The molecule has 0 atom stereocenters. The van der Waals surface area contributed by atoms with Gasteiger partial charge in [0, 0.05) is 47.8 Å². The number of nitrogens with one attached hydrogen (secondary N) is 1. The monoisotopic (exact) mass is 247 g/mol. The number of fused-ring (bicyclic) bond motifs is 1. The molecule has 17 heavy (non-hydrogen) atoms. The van der Waals surface area contributed by atoms with Crippen molar-refractivity contribution in [2.24, 2.45) is 0 Å². The van der Waals surface area contributed by atoms with Crippen LogP contribution in [-0.4, -0.2) is 16.3 Å². The number of rotatable bonds is 2. The average Bonchev–Trinajstić information content (AvgIpc) is 2.95. The lowest BCUT2D eigenvalue weighted by molar-refractivity contribution is 0.494. The van der Waals surface area contributed by atoms with Crippen LogP contribution in [0.5, 0.6) is 0 Å². The van der Waals surface area contributed by atoms with Crippen LogP contribution in [0, 0.1) is 0 Å². The minimum Gasteiger partial charge on any atom is -0.312 e. The maximum Gasteiger partial charge on any atom is 0.0979 e. The molecule has 90 valence electrons. The SMILES string of the molecule is CC(C)n1nc(-c2ccsc2)c2c1CCNC2. The number of hydrogen-bond donors (Lipinski definition) is 1. The average molecular weight is 247 g/mol. The van der Waals surface area contributed by atoms with E-state index < -0.39 is 0 Å². The molecular weight excluding hydrogens is 230 g/mol. The summed E-state index contributed by atoms with van der Waals surface area (Å²) in [5, 5.41) is 12.6. The van der Waals surface area contributed by atoms with Crippen LogP contribution in [0.25, 0.3) is 11.3 Å². The zero-order valence-corrected chi connectivity index (χ0v) is 11.0. The van der Waals surface area contributed by atoms with Gasteiger partial charge in [0.05, 0.1) is 5.69 Å². The van der Waals surface area contributed by atoms with Crippen molar-refractivity contribution < 1.29 is 0 Å². The summed E-state index contributed by atoms with van der Waals surface area (Å²) >= 11 is 1.73. The predicted octanol–water partition coefficient (Wildman–Crippen LogP) is 2.84. The van der Waals surface area contributed by atoms with Crippen molar-refractivity contribution >= 4 is 11.3 Å². The van der Waals surface area contributed by atoms with Gasteiger partial charge in [0.15, 0.2) is 0 Å². The van der Waals surface area contributed by atoms with E-state index in [-0.39, 0.29) is 0 Å². The van der Waals surface area contributed by atoms with Crippen molar-refractivity contribution in [1.29, 1.82) is 0 Å². The van der Waals surface area contributed by atoms with Crippen molar-refractivity contribution in [2.45, 2.75) is 32.9 Å². The lowest BCUT2D eigenvalue weighted by Crippen LogP contribution is -2.25. The van der Waals surface area contributed by atoms with Crippen LogP contribution in [-0.2, 0) is 13.0 Å². The van der Waals surface area contributed by atoms with Gasteiger partial charge in [-0.3, -0.25) is 4.68 Å². The first kappa shape index (κ1) is 11.0. The van der Waals surface area contributed by atoms with E-state index in [0.717, 1.165) is 19.5 Å². The van der Waals surface area contributed by atoms with Gasteiger partial charge in [-0.2, -0.15) is 16.4 Å². The zero-order chi connectivity index (χ0) is 11.8. The van der Waals surface area contributed by atoms with E-state index in [0.29, 0.717) is 6.04 Å². The normalized spacial score (nSPS) is 15.2. The Kier molecular flexibility index (Phi) is 2.76. The van der Waals surface area contributed by atoms with Crippen LogP contribution in [0.3, 0.4) is 0 Å². The second kappa shape index (κ2) is 4.27. The van der Waals surface area contributed by atoms with Crippen molar-refractivity contribution in [3.63, 3.8) is 0 Å². The molecule has 0 fully saturated rings. The summed E-state index contributed by atoms with van der Waals surface area (Å²) in [5.74, 6) is 0. The first-order valence-corrected chi connectivity index (χ1v) is 7.05. The molecule has 0 spiro atoms. The summed E-state index contributed by atoms with van der Waals surface area (Å²) in [4.78, 5) is 0. The second-order valence-electron chi connectivity index (χ2n) is 4.75. The van der Waals surface area contributed by atoms with Gasteiger partial charge >= 0.3 is 0 Å². The summed E-state index contributed by atoms with van der Waals surface area (Å²) in [6, 6.07) is 2.60. The number of nitrogens with zero attached hydrogens (tertiary/aromatic N) is 2. The molecule has 0 unspecified atom stereocenters. The van der Waals surface area contributed by atoms with E-state index in [2.05, 4.69) is 40.7 Å². The molecule has 0 saturated carbocycles. The Bertz CT molecular complexity index is 511. The van der Waals surface area contributed by atoms with Crippen LogP contribution in [0.4, 0.5) is 0 Å². The van der Waals surface area contributed by atoms with Gasteiger partial charge in [0.25, 0.3) is 0 Å². The van der Waals surface area contributed by atoms with Gasteiger partial charge in [0.1, 0.15) is 0 Å². The highest BCUT2D eigenvalue weighted by Crippen LogP contribution is 2.30. The number of aromatic nitrogens is 2. The molecule has 1 aliphatic heterocycles. The molecule has 3 rings (SSSR count). The van der Waals surface area contributed by atoms with Gasteiger partial charge in [-0.05, 0) is 25.3 Å². The zero-order valence-electron chi connectivity index (χ0n) is 10.2. The van der Waals surface area contributed by atoms with E-state index in [1.54, 1.807) is 11.3 Å². The standard InChI is InChI=1S/C13H17N3S/c1-9(2)16-12-3-5-14-7-11(12)13(15-16)10-4-6-17-8-10/h4,6,8-9,14H,3,5,7H2,1-2H3. The van der Waals surface area contributed by atoms with Crippen LogP contribution >= 0.6 is 11.3 Å². The maximum atomic E-state index is 4.82. The summed E-state index contributed by atoms with van der Waals surface area (Å²) in [6.07, 6.45) is 1.09. The molecule has 0 saturated heterocycles. The Morgan fingerprint density at radius 1 is 1.47 bits per heavy atom. The molecule has 4 heteroatoms. The van der Waals surface area contributed by atoms with Crippen molar-refractivity contribution in [1.82, 2.24) is 15.1 Å².